The molecule has 0 heterocycles. The lowest BCUT2D eigenvalue weighted by molar-refractivity contribution is 0.180. The molecule has 1 fully saturated rings. The highest BCUT2D eigenvalue weighted by Gasteiger charge is 2.28. The highest BCUT2D eigenvalue weighted by Crippen LogP contribution is 2.33. The minimum absolute atomic E-state index is 0.796. The van der Waals surface area contributed by atoms with E-state index in [1.807, 2.05) is 0 Å². The second-order valence-corrected chi connectivity index (χ2v) is 5.36. The molecule has 0 aromatic carbocycles. The van der Waals surface area contributed by atoms with Crippen molar-refractivity contribution in [2.45, 2.75) is 59.4 Å². The van der Waals surface area contributed by atoms with E-state index in [1.54, 1.807) is 0 Å². The molecule has 1 aliphatic rings. The minimum Gasteiger partial charge on any atom is -0.314 e. The van der Waals surface area contributed by atoms with Crippen LogP contribution in [-0.2, 0) is 0 Å². The number of rotatable bonds is 4. The Labute approximate surface area is 89.7 Å². The zero-order chi connectivity index (χ0) is 10.6. The van der Waals surface area contributed by atoms with E-state index in [4.69, 9.17) is 0 Å². The summed E-state index contributed by atoms with van der Waals surface area (Å²) in [6.45, 7) is 10.6. The third-order valence-corrected chi connectivity index (χ3v) is 3.81. The van der Waals surface area contributed by atoms with Crippen molar-refractivity contribution in [2.75, 3.05) is 6.54 Å². The molecule has 0 aromatic heterocycles. The van der Waals surface area contributed by atoms with Crippen molar-refractivity contribution in [3.05, 3.63) is 0 Å². The largest absolute Gasteiger partial charge is 0.314 e. The zero-order valence-corrected chi connectivity index (χ0v) is 10.3. The molecule has 0 amide bonds. The van der Waals surface area contributed by atoms with E-state index < -0.39 is 0 Å². The highest BCUT2D eigenvalue weighted by molar-refractivity contribution is 4.83. The smallest absolute Gasteiger partial charge is 0.00928 e. The first kappa shape index (κ1) is 12.0. The second-order valence-electron chi connectivity index (χ2n) is 5.36. The van der Waals surface area contributed by atoms with Crippen LogP contribution < -0.4 is 5.32 Å². The molecule has 1 saturated carbocycles. The summed E-state index contributed by atoms with van der Waals surface area (Å²) in [4.78, 5) is 0. The van der Waals surface area contributed by atoms with Gasteiger partial charge in [-0.1, -0.05) is 27.7 Å². The number of hydrogen-bond donors (Lipinski definition) is 1. The summed E-state index contributed by atoms with van der Waals surface area (Å²) >= 11 is 0. The third kappa shape index (κ3) is 3.27. The molecule has 14 heavy (non-hydrogen) atoms. The molecule has 84 valence electrons. The predicted octanol–water partition coefficient (Wildman–Crippen LogP) is 3.45. The molecule has 0 aromatic rings. The minimum atomic E-state index is 0.796. The van der Waals surface area contributed by atoms with E-state index in [9.17, 15) is 0 Å². The SMILES string of the molecule is CCCNC1CCC(C(C)C)CC1C. The first-order valence-corrected chi connectivity index (χ1v) is 6.38. The van der Waals surface area contributed by atoms with Crippen LogP contribution in [0.2, 0.25) is 0 Å². The molecule has 0 radical (unpaired) electrons. The lowest BCUT2D eigenvalue weighted by atomic mass is 9.74. The van der Waals surface area contributed by atoms with Gasteiger partial charge in [-0.25, -0.2) is 0 Å². The van der Waals surface area contributed by atoms with Gasteiger partial charge in [0, 0.05) is 6.04 Å². The Morgan fingerprint density at radius 2 is 2.00 bits per heavy atom. The summed E-state index contributed by atoms with van der Waals surface area (Å²) in [6, 6.07) is 0.796. The van der Waals surface area contributed by atoms with Crippen LogP contribution in [0.25, 0.3) is 0 Å². The quantitative estimate of drug-likeness (QED) is 0.728. The topological polar surface area (TPSA) is 12.0 Å². The first-order valence-electron chi connectivity index (χ1n) is 6.38. The van der Waals surface area contributed by atoms with Crippen LogP contribution >= 0.6 is 0 Å². The van der Waals surface area contributed by atoms with E-state index in [0.717, 1.165) is 23.8 Å². The van der Waals surface area contributed by atoms with Crippen molar-refractivity contribution in [2.24, 2.45) is 17.8 Å². The summed E-state index contributed by atoms with van der Waals surface area (Å²) in [7, 11) is 0. The van der Waals surface area contributed by atoms with Crippen molar-refractivity contribution in [1.29, 1.82) is 0 Å². The molecular formula is C13H27N. The standard InChI is InChI=1S/C13H27N/c1-5-8-14-13-7-6-12(10(2)3)9-11(13)4/h10-14H,5-9H2,1-4H3. The average molecular weight is 197 g/mol. The Kier molecular flexibility index (Phi) is 4.94. The van der Waals surface area contributed by atoms with E-state index in [1.165, 1.54) is 32.2 Å². The molecule has 0 aliphatic heterocycles. The Hall–Kier alpha value is -0.0400. The van der Waals surface area contributed by atoms with Gasteiger partial charge in [0.1, 0.15) is 0 Å². The van der Waals surface area contributed by atoms with Gasteiger partial charge in [-0.05, 0) is 50.0 Å². The highest BCUT2D eigenvalue weighted by atomic mass is 14.9. The van der Waals surface area contributed by atoms with Gasteiger partial charge < -0.3 is 5.32 Å². The van der Waals surface area contributed by atoms with E-state index in [2.05, 4.69) is 33.0 Å². The maximum Gasteiger partial charge on any atom is 0.00928 e. The maximum absolute atomic E-state index is 3.68. The molecule has 1 nitrogen and oxygen atoms in total. The summed E-state index contributed by atoms with van der Waals surface area (Å²) < 4.78 is 0. The molecule has 0 spiro atoms. The van der Waals surface area contributed by atoms with Gasteiger partial charge >= 0.3 is 0 Å². The molecule has 3 atom stereocenters. The van der Waals surface area contributed by atoms with E-state index >= 15 is 0 Å². The number of nitrogens with one attached hydrogen (secondary N) is 1. The fourth-order valence-corrected chi connectivity index (χ4v) is 2.68. The van der Waals surface area contributed by atoms with Gasteiger partial charge in [0.05, 0.1) is 0 Å². The van der Waals surface area contributed by atoms with Gasteiger partial charge in [0.2, 0.25) is 0 Å². The fourth-order valence-electron chi connectivity index (χ4n) is 2.68. The average Bonchev–Trinajstić information content (AvgIpc) is 2.15. The Morgan fingerprint density at radius 3 is 2.50 bits per heavy atom. The lowest BCUT2D eigenvalue weighted by Gasteiger charge is -2.36. The molecule has 3 unspecified atom stereocenters. The monoisotopic (exact) mass is 197 g/mol. The predicted molar refractivity (Wildman–Crippen MR) is 63.4 cm³/mol. The van der Waals surface area contributed by atoms with Gasteiger partial charge in [-0.15, -0.1) is 0 Å². The normalized spacial score (nSPS) is 33.6. The Bertz CT molecular complexity index is 153. The molecule has 1 N–H and O–H groups in total. The van der Waals surface area contributed by atoms with Crippen molar-refractivity contribution >= 4 is 0 Å². The molecule has 1 rings (SSSR count). The summed E-state index contributed by atoms with van der Waals surface area (Å²) in [5.41, 5.74) is 0. The number of hydrogen-bond acceptors (Lipinski definition) is 1. The van der Waals surface area contributed by atoms with Gasteiger partial charge in [-0.3, -0.25) is 0 Å². The van der Waals surface area contributed by atoms with Crippen LogP contribution in [0.4, 0.5) is 0 Å². The second kappa shape index (κ2) is 5.75. The zero-order valence-electron chi connectivity index (χ0n) is 10.3. The van der Waals surface area contributed by atoms with Crippen LogP contribution in [0.15, 0.2) is 0 Å². The van der Waals surface area contributed by atoms with Crippen molar-refractivity contribution in [3.8, 4) is 0 Å². The van der Waals surface area contributed by atoms with Gasteiger partial charge in [0.25, 0.3) is 0 Å². The first-order chi connectivity index (χ1) is 6.65. The van der Waals surface area contributed by atoms with E-state index in [-0.39, 0.29) is 0 Å². The van der Waals surface area contributed by atoms with Crippen LogP contribution in [0.5, 0.6) is 0 Å². The summed E-state index contributed by atoms with van der Waals surface area (Å²) in [5.74, 6) is 2.73. The molecule has 1 heteroatoms. The molecule has 0 bridgehead atoms. The Balaban J connectivity index is 2.32. The van der Waals surface area contributed by atoms with Crippen LogP contribution in [0, 0.1) is 17.8 Å². The lowest BCUT2D eigenvalue weighted by Crippen LogP contribution is -2.40. The third-order valence-electron chi connectivity index (χ3n) is 3.81. The Morgan fingerprint density at radius 1 is 1.29 bits per heavy atom. The van der Waals surface area contributed by atoms with Crippen molar-refractivity contribution in [3.63, 3.8) is 0 Å². The van der Waals surface area contributed by atoms with Gasteiger partial charge in [-0.2, -0.15) is 0 Å². The molecule has 0 saturated heterocycles. The summed E-state index contributed by atoms with van der Waals surface area (Å²) in [6.07, 6.45) is 5.52. The van der Waals surface area contributed by atoms with Crippen molar-refractivity contribution in [1.82, 2.24) is 5.32 Å². The fraction of sp³-hybridized carbons (Fsp3) is 1.00. The van der Waals surface area contributed by atoms with Crippen LogP contribution in [0.1, 0.15) is 53.4 Å². The maximum atomic E-state index is 3.68. The van der Waals surface area contributed by atoms with Crippen molar-refractivity contribution < 1.29 is 0 Å². The molecular weight excluding hydrogens is 170 g/mol. The van der Waals surface area contributed by atoms with E-state index in [0.29, 0.717) is 0 Å². The van der Waals surface area contributed by atoms with Gasteiger partial charge in [0.15, 0.2) is 0 Å². The molecule has 1 aliphatic carbocycles. The van der Waals surface area contributed by atoms with Crippen LogP contribution in [0.3, 0.4) is 0 Å². The summed E-state index contributed by atoms with van der Waals surface area (Å²) in [5, 5.41) is 3.68. The van der Waals surface area contributed by atoms with Crippen LogP contribution in [-0.4, -0.2) is 12.6 Å².